The van der Waals surface area contributed by atoms with Crippen LogP contribution in [0.4, 0.5) is 0 Å². The van der Waals surface area contributed by atoms with E-state index in [1.54, 1.807) is 20.4 Å². The molecule has 0 aliphatic heterocycles. The van der Waals surface area contributed by atoms with Crippen LogP contribution in [0.5, 0.6) is 5.75 Å². The molecular formula is C9H9HgNaO3S. The molecule has 0 bridgehead atoms. The van der Waals surface area contributed by atoms with Crippen molar-refractivity contribution in [3.63, 3.8) is 0 Å². The quantitative estimate of drug-likeness (QED) is 0.589. The van der Waals surface area contributed by atoms with Crippen molar-refractivity contribution in [1.82, 2.24) is 0 Å². The minimum atomic E-state index is -1.32. The largest absolute Gasteiger partial charge is 1.00 e. The second-order valence-electron chi connectivity index (χ2n) is 2.79. The van der Waals surface area contributed by atoms with Crippen molar-refractivity contribution in [3.8, 4) is 5.75 Å². The maximum Gasteiger partial charge on any atom is 1.00 e. The summed E-state index contributed by atoms with van der Waals surface area (Å²) in [5, 5.41) is 20.2. The minimum Gasteiger partial charge on any atom is 1.00 e. The van der Waals surface area contributed by atoms with E-state index in [4.69, 9.17) is 0 Å². The fourth-order valence-corrected chi connectivity index (χ4v) is 9.52. The second kappa shape index (κ2) is 7.95. The number of rotatable bonds is 4. The number of aromatic hydroxyl groups is 1. The van der Waals surface area contributed by atoms with Crippen LogP contribution in [-0.2, 0) is 23.1 Å². The van der Waals surface area contributed by atoms with Crippen LogP contribution < -0.4 is 34.7 Å². The number of hydrogen-bond acceptors (Lipinski definition) is 4. The Bertz CT molecular complexity index is 346. The van der Waals surface area contributed by atoms with Gasteiger partial charge in [-0.1, -0.05) is 0 Å². The van der Waals surface area contributed by atoms with Gasteiger partial charge in [-0.2, -0.15) is 0 Å². The van der Waals surface area contributed by atoms with E-state index in [9.17, 15) is 15.0 Å². The Morgan fingerprint density at radius 1 is 1.60 bits per heavy atom. The van der Waals surface area contributed by atoms with Crippen LogP contribution in [0.15, 0.2) is 23.1 Å². The average molecular weight is 421 g/mol. The first-order valence-electron chi connectivity index (χ1n) is 4.33. The molecule has 0 fully saturated rings. The Kier molecular flexibility index (Phi) is 8.36. The minimum absolute atomic E-state index is 0. The Labute approximate surface area is 125 Å². The van der Waals surface area contributed by atoms with Gasteiger partial charge in [0.1, 0.15) is 0 Å². The van der Waals surface area contributed by atoms with Crippen molar-refractivity contribution in [2.24, 2.45) is 0 Å². The number of benzene rings is 1. The first-order chi connectivity index (χ1) is 6.66. The third kappa shape index (κ3) is 4.65. The molecule has 1 aromatic carbocycles. The summed E-state index contributed by atoms with van der Waals surface area (Å²) in [4.78, 5) is 11.3. The molecule has 0 aromatic heterocycles. The zero-order chi connectivity index (χ0) is 10.6. The zero-order valence-electron chi connectivity index (χ0n) is 8.82. The summed E-state index contributed by atoms with van der Waals surface area (Å²) in [6.45, 7) is 2.12. The van der Waals surface area contributed by atoms with Crippen LogP contribution in [0.2, 0.25) is 3.93 Å². The Morgan fingerprint density at radius 2 is 2.27 bits per heavy atom. The molecule has 0 aliphatic rings. The molecule has 0 aliphatic carbocycles. The molecule has 72 valence electrons. The van der Waals surface area contributed by atoms with Gasteiger partial charge in [-0.05, 0) is 0 Å². The molecule has 0 unspecified atom stereocenters. The monoisotopic (exact) mass is 422 g/mol. The summed E-state index contributed by atoms with van der Waals surface area (Å²) in [7, 11) is 1.66. The molecule has 0 amide bonds. The van der Waals surface area contributed by atoms with E-state index in [-0.39, 0.29) is 40.9 Å². The normalized spacial score (nSPS) is 8.87. The smallest absolute Gasteiger partial charge is 1.00 e. The topological polar surface area (TPSA) is 60.4 Å². The number of aromatic carboxylic acids is 1. The maximum absolute atomic E-state index is 10.6. The third-order valence-electron chi connectivity index (χ3n) is 1.68. The molecule has 6 heteroatoms. The van der Waals surface area contributed by atoms with E-state index < -0.39 is 29.0 Å². The predicted octanol–water partition coefficient (Wildman–Crippen LogP) is -1.71. The van der Waals surface area contributed by atoms with Gasteiger partial charge in [0.15, 0.2) is 0 Å². The summed E-state index contributed by atoms with van der Waals surface area (Å²) in [6, 6.07) is 4.75. The third-order valence-corrected chi connectivity index (χ3v) is 13.7. The van der Waals surface area contributed by atoms with Crippen molar-refractivity contribution in [3.05, 3.63) is 23.8 Å². The maximum atomic E-state index is 10.6. The number of para-hydroxylation sites is 1. The molecule has 0 saturated heterocycles. The fourth-order valence-electron chi connectivity index (χ4n) is 1.02. The van der Waals surface area contributed by atoms with Crippen LogP contribution in [0.25, 0.3) is 0 Å². The van der Waals surface area contributed by atoms with Gasteiger partial charge in [0, 0.05) is 0 Å². The number of carboxylic acids is 1. The van der Waals surface area contributed by atoms with Gasteiger partial charge in [0.2, 0.25) is 0 Å². The number of phenols is 1. The molecule has 15 heavy (non-hydrogen) atoms. The Hall–Kier alpha value is 0.775. The molecule has 0 heterocycles. The van der Waals surface area contributed by atoms with Crippen molar-refractivity contribution < 1.29 is 67.6 Å². The van der Waals surface area contributed by atoms with Gasteiger partial charge in [0.25, 0.3) is 0 Å². The predicted molar refractivity (Wildman–Crippen MR) is 48.8 cm³/mol. The van der Waals surface area contributed by atoms with E-state index in [1.807, 2.05) is 0 Å². The van der Waals surface area contributed by atoms with E-state index in [0.717, 1.165) is 0 Å². The van der Waals surface area contributed by atoms with Crippen LogP contribution >= 0.6 is 8.24 Å². The molecule has 3 nitrogen and oxygen atoms in total. The molecule has 0 saturated carbocycles. The number of hydrogen-bond donors (Lipinski definition) is 1. The van der Waals surface area contributed by atoms with Crippen molar-refractivity contribution >= 4 is 14.2 Å². The van der Waals surface area contributed by atoms with Gasteiger partial charge < -0.3 is 0 Å². The Morgan fingerprint density at radius 3 is 2.80 bits per heavy atom. The molecule has 1 aromatic rings. The molecule has 0 spiro atoms. The summed E-state index contributed by atoms with van der Waals surface area (Å²) >= 11 is -0.983. The van der Waals surface area contributed by atoms with Gasteiger partial charge in [0.05, 0.1) is 0 Å². The SMILES string of the molecule is C[CH2][Hg][S]c1cccc(C(=O)[O-])c1O.[Na+]. The first kappa shape index (κ1) is 15.8. The van der Waals surface area contributed by atoms with E-state index in [2.05, 4.69) is 6.92 Å². The van der Waals surface area contributed by atoms with E-state index in [1.165, 1.54) is 10.00 Å². The van der Waals surface area contributed by atoms with Crippen molar-refractivity contribution in [2.45, 2.75) is 15.7 Å². The average Bonchev–Trinajstić information content (AvgIpc) is 2.16. The van der Waals surface area contributed by atoms with Crippen molar-refractivity contribution in [2.75, 3.05) is 0 Å². The van der Waals surface area contributed by atoms with E-state index in [0.29, 0.717) is 4.90 Å². The second-order valence-corrected chi connectivity index (χ2v) is 15.9. The molecule has 0 radical (unpaired) electrons. The summed E-state index contributed by atoms with van der Waals surface area (Å²) in [5.41, 5.74) is -0.112. The van der Waals surface area contributed by atoms with Crippen LogP contribution in [-0.4, -0.2) is 11.1 Å². The first-order valence-corrected chi connectivity index (χ1v) is 15.9. The van der Waals surface area contributed by atoms with Crippen LogP contribution in [0, 0.1) is 0 Å². The van der Waals surface area contributed by atoms with E-state index >= 15 is 0 Å². The van der Waals surface area contributed by atoms with Gasteiger partial charge >= 0.3 is 127 Å². The molecular weight excluding hydrogens is 412 g/mol. The van der Waals surface area contributed by atoms with Gasteiger partial charge in [-0.25, -0.2) is 0 Å². The standard InChI is InChI=1S/C7H6O3S.C2H5.Hg.Na/c8-6-4(7(9)10)2-1-3-5(6)11;1-2;;/h1-3,8,11H,(H,9,10);1H2,2H3;;/q;;2*+1/p-2. The summed E-state index contributed by atoms with van der Waals surface area (Å²) < 4.78 is 1.19. The summed E-state index contributed by atoms with van der Waals surface area (Å²) in [5.74, 6) is -1.45. The van der Waals surface area contributed by atoms with Crippen molar-refractivity contribution in [1.29, 1.82) is 0 Å². The zero-order valence-corrected chi connectivity index (χ0v) is 17.1. The van der Waals surface area contributed by atoms with Crippen LogP contribution in [0.1, 0.15) is 17.3 Å². The Balaban J connectivity index is 0.00000196. The summed E-state index contributed by atoms with van der Waals surface area (Å²) in [6.07, 6.45) is 0. The number of carboxylic acid groups (broad SMARTS) is 1. The van der Waals surface area contributed by atoms with Gasteiger partial charge in [-0.3, -0.25) is 0 Å². The molecule has 1 rings (SSSR count). The van der Waals surface area contributed by atoms with Gasteiger partial charge in [-0.15, -0.1) is 0 Å². The number of carbonyl (C=O) groups is 1. The number of carbonyl (C=O) groups excluding carboxylic acids is 1. The molecule has 1 N–H and O–H groups in total. The van der Waals surface area contributed by atoms with Crippen LogP contribution in [0.3, 0.4) is 0 Å². The molecule has 0 atom stereocenters. The fraction of sp³-hybridized carbons (Fsp3) is 0.222.